The van der Waals surface area contributed by atoms with Gasteiger partial charge in [0, 0.05) is 44.1 Å². The molecule has 0 bridgehead atoms. The standard InChI is InChI=1S/C6H13N2.Ac/c1-7-6-4-2-3-5-8-6;/h6,8H,2-5H2,1H3;/q-1;. The summed E-state index contributed by atoms with van der Waals surface area (Å²) in [4.78, 5) is 0. The van der Waals surface area contributed by atoms with Crippen molar-refractivity contribution in [2.24, 2.45) is 0 Å². The molecule has 0 amide bonds. The summed E-state index contributed by atoms with van der Waals surface area (Å²) in [6.07, 6.45) is 4.36. The van der Waals surface area contributed by atoms with Gasteiger partial charge < -0.3 is 10.6 Å². The van der Waals surface area contributed by atoms with Crippen molar-refractivity contribution in [3.8, 4) is 0 Å². The Kier molecular flexibility index (Phi) is 7.02. The molecule has 1 N–H and O–H groups in total. The summed E-state index contributed by atoms with van der Waals surface area (Å²) in [5, 5.41) is 7.44. The third-order valence-corrected chi connectivity index (χ3v) is 1.60. The van der Waals surface area contributed by atoms with E-state index < -0.39 is 0 Å². The van der Waals surface area contributed by atoms with Crippen LogP contribution in [0.5, 0.6) is 0 Å². The van der Waals surface area contributed by atoms with Gasteiger partial charge in [-0.05, 0) is 13.0 Å². The number of rotatable bonds is 1. The van der Waals surface area contributed by atoms with Crippen LogP contribution in [0.4, 0.5) is 0 Å². The molecule has 1 unspecified atom stereocenters. The average molecular weight is 340 g/mol. The Bertz CT molecular complexity index is 62.1. The molecule has 1 heterocycles. The minimum Gasteiger partial charge on any atom is -0.650 e. The zero-order chi connectivity index (χ0) is 5.82. The smallest absolute Gasteiger partial charge is 0 e. The minimum absolute atomic E-state index is 0. The van der Waals surface area contributed by atoms with Crippen LogP contribution in [0.3, 0.4) is 0 Å². The SMILES string of the molecule is C[N-]C1CCCCN1.[Ac]. The second-order valence-corrected chi connectivity index (χ2v) is 2.22. The molecule has 1 atom stereocenters. The molecule has 1 saturated heterocycles. The summed E-state index contributed by atoms with van der Waals surface area (Å²) < 4.78 is 0. The van der Waals surface area contributed by atoms with Crippen LogP contribution in [0.1, 0.15) is 19.3 Å². The predicted octanol–water partition coefficient (Wildman–Crippen LogP) is 1.09. The van der Waals surface area contributed by atoms with Crippen LogP contribution < -0.4 is 5.32 Å². The van der Waals surface area contributed by atoms with Gasteiger partial charge in [-0.15, -0.1) is 0 Å². The normalized spacial score (nSPS) is 27.0. The third-order valence-electron chi connectivity index (χ3n) is 1.60. The molecule has 1 aliphatic heterocycles. The van der Waals surface area contributed by atoms with Gasteiger partial charge in [-0.25, -0.2) is 0 Å². The maximum atomic E-state index is 4.14. The van der Waals surface area contributed by atoms with Crippen LogP contribution in [-0.2, 0) is 0 Å². The van der Waals surface area contributed by atoms with Gasteiger partial charge in [0.2, 0.25) is 0 Å². The first-order valence-electron chi connectivity index (χ1n) is 3.26. The summed E-state index contributed by atoms with van der Waals surface area (Å²) in [6, 6.07) is 0. The summed E-state index contributed by atoms with van der Waals surface area (Å²) in [7, 11) is 1.88. The molecule has 51 valence electrons. The molecule has 1 aliphatic rings. The molecule has 0 aliphatic carbocycles. The summed E-state index contributed by atoms with van der Waals surface area (Å²) in [6.45, 7) is 1.15. The molecule has 0 saturated carbocycles. The van der Waals surface area contributed by atoms with Crippen molar-refractivity contribution in [3.05, 3.63) is 5.32 Å². The van der Waals surface area contributed by atoms with E-state index in [0.29, 0.717) is 6.17 Å². The van der Waals surface area contributed by atoms with Crippen LogP contribution in [0.15, 0.2) is 0 Å². The van der Waals surface area contributed by atoms with Crippen molar-refractivity contribution in [3.63, 3.8) is 0 Å². The zero-order valence-corrected chi connectivity index (χ0v) is 10.7. The molecular weight excluding hydrogens is 327 g/mol. The second-order valence-electron chi connectivity index (χ2n) is 2.22. The van der Waals surface area contributed by atoms with Gasteiger partial charge in [-0.2, -0.15) is 7.05 Å². The van der Waals surface area contributed by atoms with E-state index in [9.17, 15) is 0 Å². The number of hydrogen-bond acceptors (Lipinski definition) is 1. The quantitative estimate of drug-likeness (QED) is 0.760. The van der Waals surface area contributed by atoms with E-state index >= 15 is 0 Å². The van der Waals surface area contributed by atoms with Crippen molar-refractivity contribution in [1.82, 2.24) is 5.32 Å². The fraction of sp³-hybridized carbons (Fsp3) is 1.00. The summed E-state index contributed by atoms with van der Waals surface area (Å²) in [5.41, 5.74) is 0. The van der Waals surface area contributed by atoms with Crippen molar-refractivity contribution in [2.75, 3.05) is 13.6 Å². The molecule has 9 heavy (non-hydrogen) atoms. The maximum absolute atomic E-state index is 4.14. The molecule has 1 fully saturated rings. The number of piperidine rings is 1. The third kappa shape index (κ3) is 3.93. The zero-order valence-electron chi connectivity index (χ0n) is 5.93. The number of nitrogens with one attached hydrogen (secondary N) is 1. The molecule has 0 aromatic rings. The Morgan fingerprint density at radius 1 is 1.44 bits per heavy atom. The monoisotopic (exact) mass is 340 g/mol. The molecule has 0 aromatic heterocycles. The molecule has 1 radical (unpaired) electrons. The van der Waals surface area contributed by atoms with E-state index in [0.717, 1.165) is 6.54 Å². The van der Waals surface area contributed by atoms with Crippen LogP contribution in [0, 0.1) is 44.1 Å². The average Bonchev–Trinajstić information content (AvgIpc) is 1.90. The first-order valence-corrected chi connectivity index (χ1v) is 3.26. The topological polar surface area (TPSA) is 26.1 Å². The fourth-order valence-corrected chi connectivity index (χ4v) is 1.05. The van der Waals surface area contributed by atoms with Crippen LogP contribution in [-0.4, -0.2) is 19.8 Å². The summed E-state index contributed by atoms with van der Waals surface area (Å²) in [5.74, 6) is 0. The van der Waals surface area contributed by atoms with Crippen molar-refractivity contribution in [1.29, 1.82) is 0 Å². The van der Waals surface area contributed by atoms with E-state index in [2.05, 4.69) is 10.6 Å². The van der Waals surface area contributed by atoms with E-state index in [1.54, 1.807) is 0 Å². The molecule has 0 aromatic carbocycles. The molecular formula is C6H13AcN2-. The van der Waals surface area contributed by atoms with Gasteiger partial charge in [-0.3, -0.25) is 0 Å². The predicted molar refractivity (Wildman–Crippen MR) is 34.9 cm³/mol. The van der Waals surface area contributed by atoms with Crippen molar-refractivity contribution >= 4 is 0 Å². The van der Waals surface area contributed by atoms with E-state index in [1.807, 2.05) is 7.05 Å². The Balaban J connectivity index is 0.000000640. The number of nitrogens with zero attached hydrogens (tertiary/aromatic N) is 1. The Morgan fingerprint density at radius 2 is 2.22 bits per heavy atom. The van der Waals surface area contributed by atoms with E-state index in [1.165, 1.54) is 19.3 Å². The number of hydrogen-bond donors (Lipinski definition) is 1. The molecule has 3 heteroatoms. The Labute approximate surface area is 92.7 Å². The largest absolute Gasteiger partial charge is 0.650 e. The van der Waals surface area contributed by atoms with Crippen LogP contribution >= 0.6 is 0 Å². The second kappa shape index (κ2) is 6.10. The Hall–Kier alpha value is 1.36. The van der Waals surface area contributed by atoms with Gasteiger partial charge in [0.05, 0.1) is 0 Å². The van der Waals surface area contributed by atoms with Crippen molar-refractivity contribution in [2.45, 2.75) is 25.4 Å². The molecule has 0 spiro atoms. The van der Waals surface area contributed by atoms with Gasteiger partial charge >= 0.3 is 0 Å². The van der Waals surface area contributed by atoms with E-state index in [4.69, 9.17) is 0 Å². The first kappa shape index (κ1) is 10.4. The molecule has 2 nitrogen and oxygen atoms in total. The van der Waals surface area contributed by atoms with Crippen molar-refractivity contribution < 1.29 is 44.1 Å². The summed E-state index contributed by atoms with van der Waals surface area (Å²) >= 11 is 0. The minimum atomic E-state index is 0. The fourth-order valence-electron chi connectivity index (χ4n) is 1.05. The Morgan fingerprint density at radius 3 is 2.56 bits per heavy atom. The van der Waals surface area contributed by atoms with Gasteiger partial charge in [-0.1, -0.05) is 19.0 Å². The van der Waals surface area contributed by atoms with Crippen LogP contribution in [0.2, 0.25) is 0 Å². The van der Waals surface area contributed by atoms with Gasteiger partial charge in [0.15, 0.2) is 0 Å². The van der Waals surface area contributed by atoms with E-state index in [-0.39, 0.29) is 44.1 Å². The maximum Gasteiger partial charge on any atom is 0 e. The van der Waals surface area contributed by atoms with Gasteiger partial charge in [0.1, 0.15) is 0 Å². The van der Waals surface area contributed by atoms with Gasteiger partial charge in [0.25, 0.3) is 0 Å². The first-order chi connectivity index (χ1) is 3.93. The van der Waals surface area contributed by atoms with Crippen LogP contribution in [0.25, 0.3) is 5.32 Å². The molecule has 1 rings (SSSR count).